The summed E-state index contributed by atoms with van der Waals surface area (Å²) in [6, 6.07) is 7.49. The molecule has 0 bridgehead atoms. The molecule has 1 aliphatic carbocycles. The maximum Gasteiger partial charge on any atom is 0.255 e. The molecule has 0 radical (unpaired) electrons. The van der Waals surface area contributed by atoms with Gasteiger partial charge in [-0.25, -0.2) is 4.52 Å². The van der Waals surface area contributed by atoms with E-state index < -0.39 is 0 Å². The van der Waals surface area contributed by atoms with Crippen LogP contribution in [0.15, 0.2) is 41.1 Å². The Morgan fingerprint density at radius 1 is 1.17 bits per heavy atom. The van der Waals surface area contributed by atoms with E-state index in [1.165, 1.54) is 0 Å². The summed E-state index contributed by atoms with van der Waals surface area (Å²) in [7, 11) is 1.66. The van der Waals surface area contributed by atoms with Crippen LogP contribution in [0.4, 0.5) is 0 Å². The molecule has 4 aromatic rings. The van der Waals surface area contributed by atoms with Gasteiger partial charge in [0.2, 0.25) is 0 Å². The number of fused-ring (bicyclic) bond motifs is 2. The fraction of sp³-hybridized carbons (Fsp3) is 0.370. The van der Waals surface area contributed by atoms with Crippen LogP contribution in [0.3, 0.4) is 0 Å². The van der Waals surface area contributed by atoms with E-state index in [9.17, 15) is 9.59 Å². The van der Waals surface area contributed by atoms with Crippen molar-refractivity contribution in [3.63, 3.8) is 0 Å². The second-order valence-electron chi connectivity index (χ2n) is 9.62. The molecule has 36 heavy (non-hydrogen) atoms. The summed E-state index contributed by atoms with van der Waals surface area (Å²) in [6.07, 6.45) is 6.68. The molecule has 1 aromatic carbocycles. The van der Waals surface area contributed by atoms with Crippen LogP contribution in [0.5, 0.6) is 11.5 Å². The number of carbonyl (C=O) groups excluding carboxylic acids is 2. The van der Waals surface area contributed by atoms with Gasteiger partial charge >= 0.3 is 0 Å². The van der Waals surface area contributed by atoms with Crippen molar-refractivity contribution in [1.82, 2.24) is 19.8 Å². The maximum absolute atomic E-state index is 13.0. The number of hydrogen-bond acceptors (Lipinski definition) is 6. The Hall–Kier alpha value is -3.85. The van der Waals surface area contributed by atoms with Crippen LogP contribution >= 0.6 is 0 Å². The molecule has 0 atom stereocenters. The van der Waals surface area contributed by atoms with E-state index in [0.29, 0.717) is 47.1 Å². The third-order valence-corrected chi connectivity index (χ3v) is 7.32. The van der Waals surface area contributed by atoms with Crippen molar-refractivity contribution < 1.29 is 23.5 Å². The lowest BCUT2D eigenvalue weighted by Gasteiger charge is -2.38. The van der Waals surface area contributed by atoms with Crippen molar-refractivity contribution in [3.8, 4) is 11.5 Å². The first-order valence-corrected chi connectivity index (χ1v) is 12.2. The molecule has 2 amide bonds. The molecule has 1 aliphatic heterocycles. The summed E-state index contributed by atoms with van der Waals surface area (Å²) in [4.78, 5) is 27.6. The van der Waals surface area contributed by atoms with Gasteiger partial charge in [0.25, 0.3) is 11.8 Å². The van der Waals surface area contributed by atoms with Gasteiger partial charge in [-0.15, -0.1) is 0 Å². The number of benzene rings is 1. The number of nitrogens with one attached hydrogen (secondary N) is 1. The van der Waals surface area contributed by atoms with Crippen LogP contribution < -0.4 is 10.1 Å². The smallest absolute Gasteiger partial charge is 0.255 e. The molecular weight excluding hydrogens is 460 g/mol. The largest absolute Gasteiger partial charge is 0.460 e. The molecule has 9 nitrogen and oxygen atoms in total. The zero-order valence-corrected chi connectivity index (χ0v) is 20.5. The lowest BCUT2D eigenvalue weighted by molar-refractivity contribution is -0.0192. The van der Waals surface area contributed by atoms with E-state index in [2.05, 4.69) is 10.4 Å². The number of ether oxygens (including phenoxy) is 2. The maximum atomic E-state index is 13.0. The van der Waals surface area contributed by atoms with Gasteiger partial charge in [0.1, 0.15) is 22.6 Å². The Balaban J connectivity index is 1.28. The standard InChI is InChI=1S/C27H28N4O5/c1-15-21(27(33)30-12-19(13-30)34-3)14-31-25(15)22(9-10-28-31)36-18-7-8-20-23(11-18)35-16(2)24(20)26(32)29-17-5-4-6-17/h7-11,14,17,19H,4-6,12-13H2,1-3H3,(H,29,32). The molecule has 4 heterocycles. The minimum absolute atomic E-state index is 0.0440. The Kier molecular flexibility index (Phi) is 5.44. The zero-order valence-electron chi connectivity index (χ0n) is 20.5. The number of methoxy groups -OCH3 is 1. The number of aromatic nitrogens is 2. The number of rotatable bonds is 6. The summed E-state index contributed by atoms with van der Waals surface area (Å²) in [5.74, 6) is 1.58. The van der Waals surface area contributed by atoms with Gasteiger partial charge in [0, 0.05) is 50.0 Å². The SMILES string of the molecule is COC1CN(C(=O)c2cn3nccc(Oc4ccc5c(C(=O)NC6CCC6)c(C)oc5c4)c3c2C)C1. The predicted molar refractivity (Wildman–Crippen MR) is 133 cm³/mol. The minimum Gasteiger partial charge on any atom is -0.460 e. The Bertz CT molecular complexity index is 1490. The van der Waals surface area contributed by atoms with Gasteiger partial charge in [0.05, 0.1) is 23.4 Å². The minimum atomic E-state index is -0.0968. The predicted octanol–water partition coefficient (Wildman–Crippen LogP) is 4.24. The van der Waals surface area contributed by atoms with Crippen LogP contribution in [0.2, 0.25) is 0 Å². The monoisotopic (exact) mass is 488 g/mol. The van der Waals surface area contributed by atoms with Crippen molar-refractivity contribution in [2.45, 2.75) is 45.3 Å². The second-order valence-corrected chi connectivity index (χ2v) is 9.62. The summed E-state index contributed by atoms with van der Waals surface area (Å²) in [6.45, 7) is 4.87. The van der Waals surface area contributed by atoms with Crippen LogP contribution in [-0.2, 0) is 4.74 Å². The highest BCUT2D eigenvalue weighted by atomic mass is 16.5. The fourth-order valence-corrected chi connectivity index (χ4v) is 4.93. The normalized spacial score (nSPS) is 16.2. The number of likely N-dealkylation sites (tertiary alicyclic amines) is 1. The highest BCUT2D eigenvalue weighted by Gasteiger charge is 2.33. The molecule has 2 aliphatic rings. The molecule has 1 saturated carbocycles. The second kappa shape index (κ2) is 8.67. The van der Waals surface area contributed by atoms with Crippen molar-refractivity contribution in [1.29, 1.82) is 0 Å². The van der Waals surface area contributed by atoms with Gasteiger partial charge in [-0.2, -0.15) is 5.10 Å². The summed E-state index contributed by atoms with van der Waals surface area (Å²) in [5.41, 5.74) is 3.27. The lowest BCUT2D eigenvalue weighted by Crippen LogP contribution is -2.54. The highest BCUT2D eigenvalue weighted by Crippen LogP contribution is 2.34. The number of nitrogens with zero attached hydrogens (tertiary/aromatic N) is 3. The van der Waals surface area contributed by atoms with Crippen molar-refractivity contribution in [2.24, 2.45) is 0 Å². The number of hydrogen-bond donors (Lipinski definition) is 1. The first-order valence-electron chi connectivity index (χ1n) is 12.2. The van der Waals surface area contributed by atoms with E-state index in [1.54, 1.807) is 48.0 Å². The third kappa shape index (κ3) is 3.71. The van der Waals surface area contributed by atoms with Gasteiger partial charge < -0.3 is 24.1 Å². The molecule has 0 spiro atoms. The van der Waals surface area contributed by atoms with Crippen molar-refractivity contribution in [3.05, 3.63) is 59.1 Å². The van der Waals surface area contributed by atoms with Gasteiger partial charge in [0.15, 0.2) is 5.75 Å². The molecular formula is C27H28N4O5. The van der Waals surface area contributed by atoms with Crippen LogP contribution in [0, 0.1) is 13.8 Å². The first kappa shape index (κ1) is 22.6. The van der Waals surface area contributed by atoms with Gasteiger partial charge in [-0.1, -0.05) is 0 Å². The molecule has 1 N–H and O–H groups in total. The molecule has 0 unspecified atom stereocenters. The number of carbonyl (C=O) groups is 2. The number of aryl methyl sites for hydroxylation is 2. The van der Waals surface area contributed by atoms with Crippen LogP contribution in [0.1, 0.15) is 51.3 Å². The van der Waals surface area contributed by atoms with E-state index in [1.807, 2.05) is 19.1 Å². The Morgan fingerprint density at radius 2 is 1.97 bits per heavy atom. The van der Waals surface area contributed by atoms with E-state index in [4.69, 9.17) is 13.9 Å². The van der Waals surface area contributed by atoms with Crippen LogP contribution in [-0.4, -0.2) is 58.7 Å². The fourth-order valence-electron chi connectivity index (χ4n) is 4.93. The van der Waals surface area contributed by atoms with E-state index in [0.717, 1.165) is 35.7 Å². The molecule has 6 rings (SSSR count). The first-order chi connectivity index (χ1) is 17.4. The van der Waals surface area contributed by atoms with E-state index in [-0.39, 0.29) is 24.0 Å². The Morgan fingerprint density at radius 3 is 2.69 bits per heavy atom. The summed E-state index contributed by atoms with van der Waals surface area (Å²) < 4.78 is 19.1. The molecule has 9 heteroatoms. The molecule has 2 fully saturated rings. The van der Waals surface area contributed by atoms with Crippen molar-refractivity contribution >= 4 is 28.3 Å². The zero-order chi connectivity index (χ0) is 25.0. The third-order valence-electron chi connectivity index (χ3n) is 7.32. The molecule has 1 saturated heterocycles. The Labute approximate surface area is 207 Å². The number of furan rings is 1. The topological polar surface area (TPSA) is 98.3 Å². The molecule has 186 valence electrons. The highest BCUT2D eigenvalue weighted by molar-refractivity contribution is 6.07. The average Bonchev–Trinajstić information content (AvgIpc) is 3.31. The summed E-state index contributed by atoms with van der Waals surface area (Å²) >= 11 is 0. The summed E-state index contributed by atoms with van der Waals surface area (Å²) in [5, 5.41) is 8.22. The van der Waals surface area contributed by atoms with Gasteiger partial charge in [-0.05, 0) is 50.8 Å². The van der Waals surface area contributed by atoms with Crippen LogP contribution in [0.25, 0.3) is 16.5 Å². The average molecular weight is 489 g/mol. The number of amides is 2. The lowest BCUT2D eigenvalue weighted by atomic mass is 9.93. The molecule has 3 aromatic heterocycles. The van der Waals surface area contributed by atoms with Gasteiger partial charge in [-0.3, -0.25) is 9.59 Å². The van der Waals surface area contributed by atoms with Crippen molar-refractivity contribution in [2.75, 3.05) is 20.2 Å². The van der Waals surface area contributed by atoms with E-state index >= 15 is 0 Å². The quantitative estimate of drug-likeness (QED) is 0.436.